The van der Waals surface area contributed by atoms with Gasteiger partial charge in [-0.2, -0.15) is 0 Å². The van der Waals surface area contributed by atoms with E-state index in [1.54, 1.807) is 12.3 Å². The lowest BCUT2D eigenvalue weighted by Gasteiger charge is -2.38. The molecule has 2 heterocycles. The molecule has 1 saturated heterocycles. The van der Waals surface area contributed by atoms with Crippen LogP contribution in [0.25, 0.3) is 6.08 Å². The molecule has 3 rings (SSSR count). The van der Waals surface area contributed by atoms with Crippen molar-refractivity contribution in [2.75, 3.05) is 13.1 Å². The average Bonchev–Trinajstić information content (AvgIpc) is 2.94. The van der Waals surface area contributed by atoms with E-state index in [9.17, 15) is 4.79 Å². The van der Waals surface area contributed by atoms with Crippen molar-refractivity contribution in [3.05, 3.63) is 54.4 Å². The van der Waals surface area contributed by atoms with Gasteiger partial charge >= 0.3 is 0 Å². The fourth-order valence-corrected chi connectivity index (χ4v) is 2.30. The summed E-state index contributed by atoms with van der Waals surface area (Å²) < 4.78 is 1.81. The Morgan fingerprint density at radius 3 is 2.80 bits per heavy atom. The smallest absolute Gasteiger partial charge is 0.246 e. The van der Waals surface area contributed by atoms with Crippen molar-refractivity contribution in [2.45, 2.75) is 6.54 Å². The zero-order valence-electron chi connectivity index (χ0n) is 11.1. The van der Waals surface area contributed by atoms with Crippen LogP contribution in [0.2, 0.25) is 0 Å². The highest BCUT2D eigenvalue weighted by atomic mass is 16.2. The third-order valence-corrected chi connectivity index (χ3v) is 3.40. The summed E-state index contributed by atoms with van der Waals surface area (Å²) in [6.45, 7) is 2.40. The van der Waals surface area contributed by atoms with Gasteiger partial charge in [-0.25, -0.2) is 0 Å². The van der Waals surface area contributed by atoms with Crippen LogP contribution >= 0.6 is 0 Å². The van der Waals surface area contributed by atoms with Gasteiger partial charge in [0.05, 0.1) is 6.20 Å². The minimum atomic E-state index is 0.0729. The average molecular weight is 268 g/mol. The second kappa shape index (κ2) is 5.69. The number of carbonyl (C=O) groups is 1. The predicted octanol–water partition coefficient (Wildman–Crippen LogP) is 1.45. The van der Waals surface area contributed by atoms with Gasteiger partial charge in [0.25, 0.3) is 0 Å². The highest BCUT2D eigenvalue weighted by Crippen LogP contribution is 2.17. The summed E-state index contributed by atoms with van der Waals surface area (Å²) in [6.07, 6.45) is 7.01. The van der Waals surface area contributed by atoms with E-state index >= 15 is 0 Å². The van der Waals surface area contributed by atoms with Crippen molar-refractivity contribution in [2.24, 2.45) is 5.92 Å². The van der Waals surface area contributed by atoms with Crippen molar-refractivity contribution >= 4 is 12.0 Å². The molecule has 1 aliphatic rings. The van der Waals surface area contributed by atoms with E-state index in [1.165, 1.54) is 0 Å². The molecule has 0 bridgehead atoms. The van der Waals surface area contributed by atoms with Gasteiger partial charge in [-0.3, -0.25) is 9.48 Å². The molecule has 5 heteroatoms. The molecule has 5 nitrogen and oxygen atoms in total. The van der Waals surface area contributed by atoms with Crippen LogP contribution in [0.3, 0.4) is 0 Å². The fourth-order valence-electron chi connectivity index (χ4n) is 2.30. The van der Waals surface area contributed by atoms with Gasteiger partial charge in [0.2, 0.25) is 5.91 Å². The number of aromatic nitrogens is 3. The largest absolute Gasteiger partial charge is 0.338 e. The standard InChI is InChI=1S/C15H16N4O/c20-15(7-6-13-4-2-1-3-5-13)18-10-14(11-18)12-19-9-8-16-17-19/h1-9,14H,10-12H2. The Bertz CT molecular complexity index is 586. The lowest BCUT2D eigenvalue weighted by atomic mass is 10.00. The van der Waals surface area contributed by atoms with Gasteiger partial charge in [-0.1, -0.05) is 35.5 Å². The van der Waals surface area contributed by atoms with Crippen LogP contribution in [-0.4, -0.2) is 38.9 Å². The Balaban J connectivity index is 1.47. The molecule has 0 N–H and O–H groups in total. The van der Waals surface area contributed by atoms with E-state index in [0.717, 1.165) is 25.2 Å². The molecule has 2 aromatic rings. The van der Waals surface area contributed by atoms with Crippen molar-refractivity contribution < 1.29 is 4.79 Å². The Morgan fingerprint density at radius 2 is 2.10 bits per heavy atom. The van der Waals surface area contributed by atoms with Crippen LogP contribution < -0.4 is 0 Å². The van der Waals surface area contributed by atoms with Crippen LogP contribution in [0, 0.1) is 5.92 Å². The maximum Gasteiger partial charge on any atom is 0.246 e. The number of benzene rings is 1. The number of carbonyl (C=O) groups excluding carboxylic acids is 1. The van der Waals surface area contributed by atoms with Crippen LogP contribution in [0.5, 0.6) is 0 Å². The summed E-state index contributed by atoms with van der Waals surface area (Å²) in [7, 11) is 0. The minimum Gasteiger partial charge on any atom is -0.338 e. The van der Waals surface area contributed by atoms with E-state index < -0.39 is 0 Å². The van der Waals surface area contributed by atoms with Gasteiger partial charge in [-0.15, -0.1) is 5.10 Å². The summed E-state index contributed by atoms with van der Waals surface area (Å²) in [4.78, 5) is 13.8. The number of nitrogens with zero attached hydrogens (tertiary/aromatic N) is 4. The first-order chi connectivity index (χ1) is 9.81. The first-order valence-corrected chi connectivity index (χ1v) is 6.67. The van der Waals surface area contributed by atoms with Crippen molar-refractivity contribution in [1.82, 2.24) is 19.9 Å². The lowest BCUT2D eigenvalue weighted by molar-refractivity contribution is -0.132. The van der Waals surface area contributed by atoms with Crippen molar-refractivity contribution in [3.63, 3.8) is 0 Å². The van der Waals surface area contributed by atoms with Gasteiger partial charge in [0.1, 0.15) is 0 Å². The first kappa shape index (κ1) is 12.6. The summed E-state index contributed by atoms with van der Waals surface area (Å²) in [5.41, 5.74) is 1.04. The van der Waals surface area contributed by atoms with Crippen LogP contribution in [-0.2, 0) is 11.3 Å². The number of hydrogen-bond donors (Lipinski definition) is 0. The SMILES string of the molecule is O=C(C=Cc1ccccc1)N1CC(Cn2ccnn2)C1. The van der Waals surface area contributed by atoms with Crippen LogP contribution in [0.1, 0.15) is 5.56 Å². The molecule has 20 heavy (non-hydrogen) atoms. The third-order valence-electron chi connectivity index (χ3n) is 3.40. The van der Waals surface area contributed by atoms with E-state index in [-0.39, 0.29) is 5.91 Å². The molecule has 0 saturated carbocycles. The maximum atomic E-state index is 12.0. The number of amides is 1. The summed E-state index contributed by atoms with van der Waals surface area (Å²) in [5.74, 6) is 0.550. The van der Waals surface area contributed by atoms with Gasteiger partial charge < -0.3 is 4.90 Å². The van der Waals surface area contributed by atoms with E-state index in [4.69, 9.17) is 0 Å². The molecular formula is C15H16N4O. The lowest BCUT2D eigenvalue weighted by Crippen LogP contribution is -2.50. The summed E-state index contributed by atoms with van der Waals surface area (Å²) in [5, 5.41) is 7.71. The molecule has 0 radical (unpaired) electrons. The highest BCUT2D eigenvalue weighted by Gasteiger charge is 2.29. The van der Waals surface area contributed by atoms with E-state index in [1.807, 2.05) is 52.2 Å². The summed E-state index contributed by atoms with van der Waals surface area (Å²) >= 11 is 0. The normalized spacial score (nSPS) is 15.5. The number of hydrogen-bond acceptors (Lipinski definition) is 3. The molecule has 1 aliphatic heterocycles. The van der Waals surface area contributed by atoms with Gasteiger partial charge in [0.15, 0.2) is 0 Å². The Morgan fingerprint density at radius 1 is 1.30 bits per heavy atom. The zero-order valence-corrected chi connectivity index (χ0v) is 11.1. The Kier molecular flexibility index (Phi) is 3.58. The molecule has 1 fully saturated rings. The van der Waals surface area contributed by atoms with Gasteiger partial charge in [0, 0.05) is 37.8 Å². The molecule has 1 aromatic heterocycles. The fraction of sp³-hybridized carbons (Fsp3) is 0.267. The molecule has 1 aromatic carbocycles. The first-order valence-electron chi connectivity index (χ1n) is 6.67. The predicted molar refractivity (Wildman–Crippen MR) is 75.6 cm³/mol. The quantitative estimate of drug-likeness (QED) is 0.789. The van der Waals surface area contributed by atoms with Crippen LogP contribution in [0.4, 0.5) is 0 Å². The third kappa shape index (κ3) is 2.93. The monoisotopic (exact) mass is 268 g/mol. The van der Waals surface area contributed by atoms with E-state index in [0.29, 0.717) is 5.92 Å². The highest BCUT2D eigenvalue weighted by molar-refractivity contribution is 5.92. The number of likely N-dealkylation sites (tertiary alicyclic amines) is 1. The minimum absolute atomic E-state index is 0.0729. The second-order valence-corrected chi connectivity index (χ2v) is 4.98. The molecular weight excluding hydrogens is 252 g/mol. The number of rotatable bonds is 4. The van der Waals surface area contributed by atoms with Gasteiger partial charge in [-0.05, 0) is 11.6 Å². The van der Waals surface area contributed by atoms with Crippen LogP contribution in [0.15, 0.2) is 48.8 Å². The molecule has 0 aliphatic carbocycles. The Hall–Kier alpha value is -2.43. The Labute approximate surface area is 117 Å². The van der Waals surface area contributed by atoms with Crippen molar-refractivity contribution in [3.8, 4) is 0 Å². The summed E-state index contributed by atoms with van der Waals surface area (Å²) in [6, 6.07) is 9.84. The molecule has 102 valence electrons. The zero-order chi connectivity index (χ0) is 13.8. The topological polar surface area (TPSA) is 51.0 Å². The van der Waals surface area contributed by atoms with E-state index in [2.05, 4.69) is 10.3 Å². The molecule has 0 unspecified atom stereocenters. The molecule has 0 atom stereocenters. The maximum absolute atomic E-state index is 12.0. The molecule has 0 spiro atoms. The second-order valence-electron chi connectivity index (χ2n) is 4.98. The van der Waals surface area contributed by atoms with Crippen molar-refractivity contribution in [1.29, 1.82) is 0 Å². The molecule has 1 amide bonds.